The molecule has 0 fully saturated rings. The predicted octanol–water partition coefficient (Wildman–Crippen LogP) is 8.22. The Bertz CT molecular complexity index is 854. The Morgan fingerprint density at radius 3 is 1.71 bits per heavy atom. The maximum absolute atomic E-state index is 12.2. The van der Waals surface area contributed by atoms with E-state index in [1.54, 1.807) is 0 Å². The number of rotatable bonds is 26. The predicted molar refractivity (Wildman–Crippen MR) is 165 cm³/mol. The van der Waals surface area contributed by atoms with Crippen LogP contribution >= 0.6 is 7.82 Å². The number of carbonyl (C=O) groups excluding carboxylic acids is 2. The fourth-order valence-electron chi connectivity index (χ4n) is 3.57. The van der Waals surface area contributed by atoms with Gasteiger partial charge in [-0.2, -0.15) is 0 Å². The van der Waals surface area contributed by atoms with Crippen molar-refractivity contribution in [2.24, 2.45) is 0 Å². The Morgan fingerprint density at radius 2 is 1.17 bits per heavy atom. The van der Waals surface area contributed by atoms with E-state index in [0.29, 0.717) is 12.8 Å². The fraction of sp³-hybridized carbons (Fsp3) is 0.625. The second kappa shape index (κ2) is 27.9. The molecular formula is C32H53O8P. The maximum Gasteiger partial charge on any atom is 0.469 e. The minimum atomic E-state index is -4.74. The van der Waals surface area contributed by atoms with Crippen LogP contribution in [0.15, 0.2) is 60.8 Å². The average molecular weight is 597 g/mol. The highest BCUT2D eigenvalue weighted by Gasteiger charge is 2.22. The van der Waals surface area contributed by atoms with Gasteiger partial charge in [-0.3, -0.25) is 14.1 Å². The van der Waals surface area contributed by atoms with Gasteiger partial charge in [0.05, 0.1) is 6.61 Å². The number of hydrogen-bond donors (Lipinski definition) is 2. The third kappa shape index (κ3) is 30.5. The second-order valence-corrected chi connectivity index (χ2v) is 10.9. The third-order valence-electron chi connectivity index (χ3n) is 5.80. The Balaban J connectivity index is 4.05. The summed E-state index contributed by atoms with van der Waals surface area (Å²) in [6.07, 6.45) is 32.9. The molecule has 0 aliphatic heterocycles. The van der Waals surface area contributed by atoms with Crippen molar-refractivity contribution < 1.29 is 37.9 Å². The molecule has 0 amide bonds. The van der Waals surface area contributed by atoms with Crippen LogP contribution < -0.4 is 0 Å². The highest BCUT2D eigenvalue weighted by molar-refractivity contribution is 7.46. The lowest BCUT2D eigenvalue weighted by Crippen LogP contribution is -2.29. The van der Waals surface area contributed by atoms with Crippen LogP contribution in [-0.4, -0.2) is 41.0 Å². The van der Waals surface area contributed by atoms with Crippen molar-refractivity contribution in [2.45, 2.75) is 116 Å². The Hall–Kier alpha value is -2.25. The highest BCUT2D eigenvalue weighted by atomic mass is 31.2. The molecule has 1 unspecified atom stereocenters. The van der Waals surface area contributed by atoms with E-state index in [1.165, 1.54) is 0 Å². The van der Waals surface area contributed by atoms with Crippen LogP contribution in [0.3, 0.4) is 0 Å². The Labute approximate surface area is 247 Å². The van der Waals surface area contributed by atoms with Crippen LogP contribution in [0.25, 0.3) is 0 Å². The van der Waals surface area contributed by atoms with E-state index in [2.05, 4.69) is 79.1 Å². The minimum Gasteiger partial charge on any atom is -0.462 e. The van der Waals surface area contributed by atoms with E-state index in [0.717, 1.165) is 70.6 Å². The molecule has 234 valence electrons. The first-order chi connectivity index (χ1) is 19.8. The number of carbonyl (C=O) groups is 2. The molecule has 8 nitrogen and oxygen atoms in total. The van der Waals surface area contributed by atoms with Gasteiger partial charge >= 0.3 is 19.8 Å². The molecule has 0 aliphatic carbocycles. The molecule has 0 saturated heterocycles. The number of ether oxygens (including phenoxy) is 2. The van der Waals surface area contributed by atoms with Crippen molar-refractivity contribution in [2.75, 3.05) is 13.2 Å². The SMILES string of the molecule is CC/C=C\C/C=C\C/C=C\C/C=C\C/C=C\CCCCCC(=O)OC(COC(=O)CCCCCC)COP(=O)(O)O. The van der Waals surface area contributed by atoms with Gasteiger partial charge in [0.1, 0.15) is 6.61 Å². The van der Waals surface area contributed by atoms with E-state index in [-0.39, 0.29) is 19.4 Å². The molecule has 0 aliphatic rings. The van der Waals surface area contributed by atoms with Crippen molar-refractivity contribution in [3.63, 3.8) is 0 Å². The number of allylic oxidation sites excluding steroid dienone is 10. The van der Waals surface area contributed by atoms with Crippen LogP contribution in [0.2, 0.25) is 0 Å². The molecule has 9 heteroatoms. The fourth-order valence-corrected chi connectivity index (χ4v) is 3.93. The van der Waals surface area contributed by atoms with Gasteiger partial charge in [0, 0.05) is 12.8 Å². The maximum atomic E-state index is 12.2. The quantitative estimate of drug-likeness (QED) is 0.0444. The first-order valence-electron chi connectivity index (χ1n) is 15.1. The molecule has 0 bridgehead atoms. The molecular weight excluding hydrogens is 543 g/mol. The Morgan fingerprint density at radius 1 is 0.659 bits per heavy atom. The van der Waals surface area contributed by atoms with E-state index < -0.39 is 32.5 Å². The normalized spacial score (nSPS) is 13.4. The van der Waals surface area contributed by atoms with E-state index >= 15 is 0 Å². The summed E-state index contributed by atoms with van der Waals surface area (Å²) >= 11 is 0. The van der Waals surface area contributed by atoms with Crippen LogP contribution in [0.1, 0.15) is 110 Å². The summed E-state index contributed by atoms with van der Waals surface area (Å²) in [6.45, 7) is 3.35. The molecule has 0 heterocycles. The molecule has 0 aromatic rings. The molecule has 0 radical (unpaired) electrons. The summed E-state index contributed by atoms with van der Waals surface area (Å²) in [5.41, 5.74) is 0. The third-order valence-corrected chi connectivity index (χ3v) is 6.29. The van der Waals surface area contributed by atoms with Gasteiger partial charge in [0.25, 0.3) is 0 Å². The van der Waals surface area contributed by atoms with Gasteiger partial charge in [0.15, 0.2) is 6.10 Å². The summed E-state index contributed by atoms with van der Waals surface area (Å²) < 4.78 is 25.9. The van der Waals surface area contributed by atoms with Gasteiger partial charge in [-0.05, 0) is 57.8 Å². The van der Waals surface area contributed by atoms with Crippen LogP contribution in [0.4, 0.5) is 0 Å². The summed E-state index contributed by atoms with van der Waals surface area (Å²) in [5.74, 6) is -0.952. The lowest BCUT2D eigenvalue weighted by molar-refractivity contribution is -0.161. The smallest absolute Gasteiger partial charge is 0.462 e. The second-order valence-electron chi connectivity index (χ2n) is 9.70. The zero-order valence-corrected chi connectivity index (χ0v) is 26.1. The number of unbranched alkanes of at least 4 members (excludes halogenated alkanes) is 6. The van der Waals surface area contributed by atoms with Gasteiger partial charge < -0.3 is 19.3 Å². The summed E-state index contributed by atoms with van der Waals surface area (Å²) in [7, 11) is -4.74. The monoisotopic (exact) mass is 596 g/mol. The van der Waals surface area contributed by atoms with Crippen molar-refractivity contribution in [1.29, 1.82) is 0 Å². The average Bonchev–Trinajstić information content (AvgIpc) is 2.93. The molecule has 2 N–H and O–H groups in total. The summed E-state index contributed by atoms with van der Waals surface area (Å²) in [5, 5.41) is 0. The number of esters is 2. The zero-order valence-electron chi connectivity index (χ0n) is 25.2. The van der Waals surface area contributed by atoms with Gasteiger partial charge in [0.2, 0.25) is 0 Å². The number of phosphoric acid groups is 1. The van der Waals surface area contributed by atoms with Gasteiger partial charge in [-0.25, -0.2) is 4.57 Å². The van der Waals surface area contributed by atoms with Crippen molar-refractivity contribution in [3.8, 4) is 0 Å². The molecule has 0 saturated carbocycles. The van der Waals surface area contributed by atoms with E-state index in [4.69, 9.17) is 19.3 Å². The lowest BCUT2D eigenvalue weighted by atomic mass is 10.1. The number of hydrogen-bond acceptors (Lipinski definition) is 6. The summed E-state index contributed by atoms with van der Waals surface area (Å²) in [6, 6.07) is 0. The molecule has 1 atom stereocenters. The van der Waals surface area contributed by atoms with Crippen LogP contribution in [-0.2, 0) is 28.2 Å². The minimum absolute atomic E-state index is 0.170. The van der Waals surface area contributed by atoms with Gasteiger partial charge in [-0.15, -0.1) is 0 Å². The Kier molecular flexibility index (Phi) is 26.4. The largest absolute Gasteiger partial charge is 0.469 e. The molecule has 0 aromatic heterocycles. The van der Waals surface area contributed by atoms with Crippen molar-refractivity contribution >= 4 is 19.8 Å². The first-order valence-corrected chi connectivity index (χ1v) is 16.6. The zero-order chi connectivity index (χ0) is 30.4. The van der Waals surface area contributed by atoms with Gasteiger partial charge in [-0.1, -0.05) is 100 Å². The lowest BCUT2D eigenvalue weighted by Gasteiger charge is -2.18. The van der Waals surface area contributed by atoms with Crippen LogP contribution in [0.5, 0.6) is 0 Å². The summed E-state index contributed by atoms with van der Waals surface area (Å²) in [4.78, 5) is 42.0. The van der Waals surface area contributed by atoms with Crippen LogP contribution in [0, 0.1) is 0 Å². The molecule has 0 spiro atoms. The molecule has 0 aromatic carbocycles. The number of phosphoric ester groups is 1. The molecule has 41 heavy (non-hydrogen) atoms. The topological polar surface area (TPSA) is 119 Å². The standard InChI is InChI=1S/C32H53O8P/c1-3-5-7-9-10-11-12-13-14-15-16-17-18-19-20-21-22-23-25-27-32(34)40-30(29-39-41(35,36)37)28-38-31(33)26-24-8-6-4-2/h5,7,10-11,13-14,16-17,19-20,30H,3-4,6,8-9,12,15,18,21-29H2,1-2H3,(H2,35,36,37)/b7-5-,11-10-,14-13-,17-16-,20-19-. The van der Waals surface area contributed by atoms with Crippen molar-refractivity contribution in [3.05, 3.63) is 60.8 Å². The molecule has 0 rings (SSSR count). The first kappa shape index (κ1) is 38.8. The highest BCUT2D eigenvalue weighted by Crippen LogP contribution is 2.35. The van der Waals surface area contributed by atoms with E-state index in [1.807, 2.05) is 0 Å². The van der Waals surface area contributed by atoms with Crippen molar-refractivity contribution in [1.82, 2.24) is 0 Å². The van der Waals surface area contributed by atoms with E-state index in [9.17, 15) is 14.2 Å².